The van der Waals surface area contributed by atoms with E-state index in [-0.39, 0.29) is 0 Å². The van der Waals surface area contributed by atoms with Crippen LogP contribution >= 0.6 is 23.4 Å². The molecular weight excluding hydrogens is 260 g/mol. The molecule has 18 heavy (non-hydrogen) atoms. The summed E-state index contributed by atoms with van der Waals surface area (Å²) in [6.45, 7) is 0. The van der Waals surface area contributed by atoms with Crippen LogP contribution in [0, 0.1) is 0 Å². The van der Waals surface area contributed by atoms with Gasteiger partial charge in [-0.15, -0.1) is 0 Å². The van der Waals surface area contributed by atoms with Gasteiger partial charge < -0.3 is 0 Å². The smallest absolute Gasteiger partial charge is 0.0417 e. The Kier molecular flexibility index (Phi) is 3.26. The summed E-state index contributed by atoms with van der Waals surface area (Å²) in [4.78, 5) is 2.40. The van der Waals surface area contributed by atoms with Crippen molar-refractivity contribution in [2.24, 2.45) is 0 Å². The van der Waals surface area contributed by atoms with Gasteiger partial charge in [-0.1, -0.05) is 59.8 Å². The van der Waals surface area contributed by atoms with Crippen LogP contribution in [0.2, 0.25) is 5.02 Å². The van der Waals surface area contributed by atoms with E-state index < -0.39 is 0 Å². The zero-order chi connectivity index (χ0) is 12.4. The molecule has 0 aliphatic rings. The molecule has 0 aromatic heterocycles. The minimum absolute atomic E-state index is 0.779. The standard InChI is InChI=1S/C16H11ClS/c17-14-6-3-7-15(11-14)18-16-9-8-12-4-1-2-5-13(12)10-16/h1-11H. The average molecular weight is 271 g/mol. The predicted octanol–water partition coefficient (Wildman–Crippen LogP) is 5.64. The Bertz CT molecular complexity index is 691. The van der Waals surface area contributed by atoms with Crippen molar-refractivity contribution < 1.29 is 0 Å². The summed E-state index contributed by atoms with van der Waals surface area (Å²) in [6, 6.07) is 22.8. The number of hydrogen-bond acceptors (Lipinski definition) is 1. The highest BCUT2D eigenvalue weighted by Gasteiger charge is 1.99. The summed E-state index contributed by atoms with van der Waals surface area (Å²) in [7, 11) is 0. The van der Waals surface area contributed by atoms with Crippen LogP contribution in [0.25, 0.3) is 10.8 Å². The molecule has 0 saturated carbocycles. The maximum absolute atomic E-state index is 5.99. The zero-order valence-electron chi connectivity index (χ0n) is 9.64. The van der Waals surface area contributed by atoms with Gasteiger partial charge in [0.1, 0.15) is 0 Å². The van der Waals surface area contributed by atoms with Crippen molar-refractivity contribution in [2.45, 2.75) is 9.79 Å². The van der Waals surface area contributed by atoms with Crippen LogP contribution in [0.1, 0.15) is 0 Å². The average Bonchev–Trinajstić information content (AvgIpc) is 2.39. The SMILES string of the molecule is Clc1cccc(Sc2ccc3ccccc3c2)c1. The van der Waals surface area contributed by atoms with E-state index in [0.717, 1.165) is 9.92 Å². The monoisotopic (exact) mass is 270 g/mol. The molecule has 0 spiro atoms. The third-order valence-corrected chi connectivity index (χ3v) is 3.97. The Morgan fingerprint density at radius 1 is 0.667 bits per heavy atom. The van der Waals surface area contributed by atoms with Crippen molar-refractivity contribution in [3.8, 4) is 0 Å². The highest BCUT2D eigenvalue weighted by atomic mass is 35.5. The minimum Gasteiger partial charge on any atom is -0.0900 e. The van der Waals surface area contributed by atoms with Crippen LogP contribution in [0.5, 0.6) is 0 Å². The molecule has 0 aliphatic heterocycles. The number of rotatable bonds is 2. The maximum atomic E-state index is 5.99. The molecular formula is C16H11ClS. The van der Waals surface area contributed by atoms with E-state index in [1.807, 2.05) is 18.2 Å². The van der Waals surface area contributed by atoms with Gasteiger partial charge in [-0.25, -0.2) is 0 Å². The highest BCUT2D eigenvalue weighted by Crippen LogP contribution is 2.31. The molecule has 0 amide bonds. The molecule has 2 heteroatoms. The first kappa shape index (κ1) is 11.6. The number of hydrogen-bond donors (Lipinski definition) is 0. The summed E-state index contributed by atoms with van der Waals surface area (Å²) in [6.07, 6.45) is 0. The molecule has 88 valence electrons. The van der Waals surface area contributed by atoms with E-state index in [4.69, 9.17) is 11.6 Å². The third-order valence-electron chi connectivity index (χ3n) is 2.75. The normalized spacial score (nSPS) is 10.7. The molecule has 3 aromatic carbocycles. The largest absolute Gasteiger partial charge is 0.0900 e. The molecule has 3 rings (SSSR count). The Morgan fingerprint density at radius 3 is 2.28 bits per heavy atom. The van der Waals surface area contributed by atoms with E-state index in [9.17, 15) is 0 Å². The van der Waals surface area contributed by atoms with E-state index in [0.29, 0.717) is 0 Å². The molecule has 0 fully saturated rings. The summed E-state index contributed by atoms with van der Waals surface area (Å²) >= 11 is 7.72. The van der Waals surface area contributed by atoms with Crippen molar-refractivity contribution in [1.82, 2.24) is 0 Å². The topological polar surface area (TPSA) is 0 Å². The highest BCUT2D eigenvalue weighted by molar-refractivity contribution is 7.99. The molecule has 0 atom stereocenters. The molecule has 0 aliphatic carbocycles. The van der Waals surface area contributed by atoms with Gasteiger partial charge in [0.25, 0.3) is 0 Å². The lowest BCUT2D eigenvalue weighted by Gasteiger charge is -2.04. The van der Waals surface area contributed by atoms with Gasteiger partial charge in [0.05, 0.1) is 0 Å². The second-order valence-corrected chi connectivity index (χ2v) is 5.65. The third kappa shape index (κ3) is 2.53. The van der Waals surface area contributed by atoms with Crippen molar-refractivity contribution in [3.63, 3.8) is 0 Å². The zero-order valence-corrected chi connectivity index (χ0v) is 11.2. The van der Waals surface area contributed by atoms with E-state index in [1.165, 1.54) is 15.7 Å². The van der Waals surface area contributed by atoms with Gasteiger partial charge >= 0.3 is 0 Å². The molecule has 3 aromatic rings. The van der Waals surface area contributed by atoms with Crippen molar-refractivity contribution in [3.05, 3.63) is 71.8 Å². The van der Waals surface area contributed by atoms with Crippen LogP contribution in [0.3, 0.4) is 0 Å². The number of benzene rings is 3. The molecule has 0 nitrogen and oxygen atoms in total. The van der Waals surface area contributed by atoms with Gasteiger partial charge in [-0.3, -0.25) is 0 Å². The molecule has 0 bridgehead atoms. The predicted molar refractivity (Wildman–Crippen MR) is 79.5 cm³/mol. The summed E-state index contributed by atoms with van der Waals surface area (Å²) in [5.74, 6) is 0. The molecule has 0 radical (unpaired) electrons. The fourth-order valence-electron chi connectivity index (χ4n) is 1.90. The Hall–Kier alpha value is -1.44. The first-order valence-electron chi connectivity index (χ1n) is 5.73. The van der Waals surface area contributed by atoms with Crippen LogP contribution in [0.15, 0.2) is 76.5 Å². The van der Waals surface area contributed by atoms with Crippen LogP contribution in [-0.2, 0) is 0 Å². The Morgan fingerprint density at radius 2 is 1.44 bits per heavy atom. The van der Waals surface area contributed by atoms with Gasteiger partial charge in [0, 0.05) is 14.8 Å². The van der Waals surface area contributed by atoms with Gasteiger partial charge in [0.2, 0.25) is 0 Å². The van der Waals surface area contributed by atoms with Gasteiger partial charge in [-0.05, 0) is 41.1 Å². The summed E-state index contributed by atoms with van der Waals surface area (Å²) in [5.41, 5.74) is 0. The van der Waals surface area contributed by atoms with E-state index in [1.54, 1.807) is 11.8 Å². The number of fused-ring (bicyclic) bond motifs is 1. The van der Waals surface area contributed by atoms with E-state index in [2.05, 4.69) is 48.5 Å². The summed E-state index contributed by atoms with van der Waals surface area (Å²) < 4.78 is 0. The van der Waals surface area contributed by atoms with Crippen LogP contribution in [-0.4, -0.2) is 0 Å². The molecule has 0 N–H and O–H groups in total. The first-order chi connectivity index (χ1) is 8.81. The Labute approximate surface area is 116 Å². The van der Waals surface area contributed by atoms with Gasteiger partial charge in [0.15, 0.2) is 0 Å². The lowest BCUT2D eigenvalue weighted by molar-refractivity contribution is 1.42. The lowest BCUT2D eigenvalue weighted by Crippen LogP contribution is -1.76. The van der Waals surface area contributed by atoms with Crippen LogP contribution < -0.4 is 0 Å². The van der Waals surface area contributed by atoms with Crippen molar-refractivity contribution in [1.29, 1.82) is 0 Å². The minimum atomic E-state index is 0.779. The van der Waals surface area contributed by atoms with E-state index >= 15 is 0 Å². The van der Waals surface area contributed by atoms with Crippen LogP contribution in [0.4, 0.5) is 0 Å². The fraction of sp³-hybridized carbons (Fsp3) is 0. The quantitative estimate of drug-likeness (QED) is 0.580. The lowest BCUT2D eigenvalue weighted by atomic mass is 10.1. The number of halogens is 1. The molecule has 0 unspecified atom stereocenters. The van der Waals surface area contributed by atoms with Crippen molar-refractivity contribution in [2.75, 3.05) is 0 Å². The molecule has 0 saturated heterocycles. The maximum Gasteiger partial charge on any atom is 0.0417 e. The Balaban J connectivity index is 1.95. The molecule has 0 heterocycles. The fourth-order valence-corrected chi connectivity index (χ4v) is 3.08. The second-order valence-electron chi connectivity index (χ2n) is 4.07. The van der Waals surface area contributed by atoms with Gasteiger partial charge in [-0.2, -0.15) is 0 Å². The van der Waals surface area contributed by atoms with Crippen molar-refractivity contribution >= 4 is 34.1 Å². The second kappa shape index (κ2) is 5.05. The summed E-state index contributed by atoms with van der Waals surface area (Å²) in [5, 5.41) is 3.32. The first-order valence-corrected chi connectivity index (χ1v) is 6.93.